The van der Waals surface area contributed by atoms with Crippen LogP contribution in [0.2, 0.25) is 0 Å². The Balaban J connectivity index is 2.26. The maximum absolute atomic E-state index is 11.8. The Kier molecular flexibility index (Phi) is 3.30. The van der Waals surface area contributed by atoms with E-state index in [2.05, 4.69) is 14.7 Å². The molecule has 0 aliphatic heterocycles. The molecule has 1 aromatic heterocycles. The van der Waals surface area contributed by atoms with Crippen molar-refractivity contribution in [3.63, 3.8) is 0 Å². The van der Waals surface area contributed by atoms with Crippen LogP contribution < -0.4 is 9.86 Å². The van der Waals surface area contributed by atoms with Gasteiger partial charge in [0.15, 0.2) is 5.03 Å². The van der Waals surface area contributed by atoms with Crippen LogP contribution in [0.25, 0.3) is 0 Å². The van der Waals surface area contributed by atoms with Gasteiger partial charge in [0.1, 0.15) is 0 Å². The third-order valence-electron chi connectivity index (χ3n) is 2.20. The van der Waals surface area contributed by atoms with Gasteiger partial charge in [-0.3, -0.25) is 4.72 Å². The van der Waals surface area contributed by atoms with Crippen LogP contribution in [0.3, 0.4) is 0 Å². The number of imidazole rings is 1. The largest absolute Gasteiger partial charge is 0.334 e. The second kappa shape index (κ2) is 4.64. The van der Waals surface area contributed by atoms with Crippen molar-refractivity contribution in [2.75, 3.05) is 4.72 Å². The number of rotatable bonds is 4. The van der Waals surface area contributed by atoms with Crippen molar-refractivity contribution in [3.8, 4) is 0 Å². The summed E-state index contributed by atoms with van der Waals surface area (Å²) in [5.74, 6) is 0. The first-order chi connectivity index (χ1) is 8.79. The average Bonchev–Trinajstić information content (AvgIpc) is 2.82. The molecule has 4 N–H and O–H groups in total. The minimum atomic E-state index is -3.80. The van der Waals surface area contributed by atoms with Crippen molar-refractivity contribution in [2.45, 2.75) is 9.92 Å². The molecular weight excluding hydrogens is 292 g/mol. The number of benzene rings is 1. The number of aromatic amines is 1. The third kappa shape index (κ3) is 3.10. The summed E-state index contributed by atoms with van der Waals surface area (Å²) < 4.78 is 48.0. The molecule has 0 atom stereocenters. The summed E-state index contributed by atoms with van der Waals surface area (Å²) in [6.07, 6.45) is 2.39. The van der Waals surface area contributed by atoms with Crippen LogP contribution in [0.5, 0.6) is 0 Å². The van der Waals surface area contributed by atoms with E-state index in [1.807, 2.05) is 0 Å². The van der Waals surface area contributed by atoms with Gasteiger partial charge in [0.05, 0.1) is 17.4 Å². The van der Waals surface area contributed by atoms with Crippen molar-refractivity contribution in [1.29, 1.82) is 0 Å². The highest BCUT2D eigenvalue weighted by Crippen LogP contribution is 2.16. The van der Waals surface area contributed by atoms with E-state index in [9.17, 15) is 16.8 Å². The highest BCUT2D eigenvalue weighted by atomic mass is 32.2. The smallest absolute Gasteiger partial charge is 0.278 e. The van der Waals surface area contributed by atoms with E-state index in [0.29, 0.717) is 0 Å². The quantitative estimate of drug-likeness (QED) is 0.722. The molecule has 0 aliphatic carbocycles. The number of hydrogen-bond donors (Lipinski definition) is 3. The number of nitrogens with zero attached hydrogens (tertiary/aromatic N) is 1. The second-order valence-electron chi connectivity index (χ2n) is 3.59. The summed E-state index contributed by atoms with van der Waals surface area (Å²) in [6, 6.07) is 5.02. The van der Waals surface area contributed by atoms with Gasteiger partial charge in [0.25, 0.3) is 10.0 Å². The van der Waals surface area contributed by atoms with E-state index < -0.39 is 20.0 Å². The van der Waals surface area contributed by atoms with E-state index in [-0.39, 0.29) is 15.6 Å². The van der Waals surface area contributed by atoms with Gasteiger partial charge >= 0.3 is 0 Å². The third-order valence-corrected chi connectivity index (χ3v) is 4.43. The van der Waals surface area contributed by atoms with E-state index in [4.69, 9.17) is 5.14 Å². The van der Waals surface area contributed by atoms with Crippen LogP contribution in [-0.2, 0) is 20.0 Å². The zero-order valence-electron chi connectivity index (χ0n) is 9.44. The molecule has 1 heterocycles. The van der Waals surface area contributed by atoms with Crippen LogP contribution in [0.4, 0.5) is 5.69 Å². The van der Waals surface area contributed by atoms with Gasteiger partial charge < -0.3 is 4.98 Å². The number of anilines is 1. The Morgan fingerprint density at radius 1 is 1.11 bits per heavy atom. The molecular formula is C9H10N4O4S2. The van der Waals surface area contributed by atoms with Crippen molar-refractivity contribution in [3.05, 3.63) is 36.8 Å². The predicted octanol–water partition coefficient (Wildman–Crippen LogP) is -0.142. The molecule has 8 nitrogen and oxygen atoms in total. The molecule has 102 valence electrons. The number of nitrogens with two attached hydrogens (primary N) is 1. The Morgan fingerprint density at radius 2 is 1.74 bits per heavy atom. The molecule has 0 amide bonds. The molecule has 1 aromatic carbocycles. The summed E-state index contributed by atoms with van der Waals surface area (Å²) in [5, 5.41) is 4.84. The lowest BCUT2D eigenvalue weighted by atomic mass is 10.3. The van der Waals surface area contributed by atoms with Gasteiger partial charge in [0, 0.05) is 5.69 Å². The van der Waals surface area contributed by atoms with Gasteiger partial charge in [-0.25, -0.2) is 18.5 Å². The summed E-state index contributed by atoms with van der Waals surface area (Å²) in [4.78, 5) is 5.96. The van der Waals surface area contributed by atoms with Crippen LogP contribution >= 0.6 is 0 Å². The molecule has 10 heteroatoms. The fraction of sp³-hybridized carbons (Fsp3) is 0. The monoisotopic (exact) mass is 302 g/mol. The van der Waals surface area contributed by atoms with Crippen LogP contribution in [0.15, 0.2) is 46.7 Å². The molecule has 0 aliphatic rings. The number of aromatic nitrogens is 2. The molecule has 0 saturated carbocycles. The standard InChI is InChI=1S/C9H10N4O4S2/c10-18(14,15)8-3-1-7(2-4-8)13-19(16,17)9-5-11-6-12-9/h1-6,13H,(H,11,12)(H2,10,14,15). The van der Waals surface area contributed by atoms with Gasteiger partial charge in [-0.05, 0) is 24.3 Å². The Bertz CT molecular complexity index is 764. The van der Waals surface area contributed by atoms with Gasteiger partial charge in [-0.2, -0.15) is 8.42 Å². The van der Waals surface area contributed by atoms with Crippen LogP contribution in [0.1, 0.15) is 0 Å². The Labute approximate surface area is 109 Å². The molecule has 0 spiro atoms. The van der Waals surface area contributed by atoms with Crippen molar-refractivity contribution < 1.29 is 16.8 Å². The molecule has 0 fully saturated rings. The molecule has 19 heavy (non-hydrogen) atoms. The Hall–Kier alpha value is -1.91. The second-order valence-corrected chi connectivity index (χ2v) is 6.80. The zero-order valence-corrected chi connectivity index (χ0v) is 11.1. The SMILES string of the molecule is NS(=O)(=O)c1ccc(NS(=O)(=O)c2cnc[nH]2)cc1. The van der Waals surface area contributed by atoms with Crippen LogP contribution in [-0.4, -0.2) is 26.8 Å². The van der Waals surface area contributed by atoms with Crippen molar-refractivity contribution in [2.24, 2.45) is 5.14 Å². The zero-order chi connectivity index (χ0) is 14.1. The summed E-state index contributed by atoms with van der Waals surface area (Å²) in [5.41, 5.74) is 0.210. The first-order valence-electron chi connectivity index (χ1n) is 4.93. The van der Waals surface area contributed by atoms with Gasteiger partial charge in [0.2, 0.25) is 10.0 Å². The maximum atomic E-state index is 11.8. The summed E-state index contributed by atoms with van der Waals surface area (Å²) in [7, 11) is -7.57. The van der Waals surface area contributed by atoms with Gasteiger partial charge in [-0.1, -0.05) is 0 Å². The van der Waals surface area contributed by atoms with E-state index >= 15 is 0 Å². The normalized spacial score (nSPS) is 12.3. The molecule has 2 aromatic rings. The highest BCUT2D eigenvalue weighted by molar-refractivity contribution is 7.92. The topological polar surface area (TPSA) is 135 Å². The lowest BCUT2D eigenvalue weighted by Gasteiger charge is -2.06. The molecule has 0 saturated heterocycles. The van der Waals surface area contributed by atoms with Gasteiger partial charge in [-0.15, -0.1) is 0 Å². The maximum Gasteiger partial charge on any atom is 0.278 e. The number of H-pyrrole nitrogens is 1. The first-order valence-corrected chi connectivity index (χ1v) is 7.96. The van der Waals surface area contributed by atoms with Crippen LogP contribution in [0, 0.1) is 0 Å². The molecule has 2 rings (SSSR count). The Morgan fingerprint density at radius 3 is 2.21 bits per heavy atom. The van der Waals surface area contributed by atoms with Crippen molar-refractivity contribution >= 4 is 25.7 Å². The molecule has 0 bridgehead atoms. The number of primary sulfonamides is 1. The molecule has 0 radical (unpaired) electrons. The lowest BCUT2D eigenvalue weighted by Crippen LogP contribution is -2.14. The first kappa shape index (κ1) is 13.5. The number of nitrogens with one attached hydrogen (secondary N) is 2. The van der Waals surface area contributed by atoms with Crippen molar-refractivity contribution in [1.82, 2.24) is 9.97 Å². The number of hydrogen-bond acceptors (Lipinski definition) is 5. The summed E-state index contributed by atoms with van der Waals surface area (Å²) >= 11 is 0. The van der Waals surface area contributed by atoms with E-state index in [1.54, 1.807) is 0 Å². The molecule has 0 unspecified atom stereocenters. The predicted molar refractivity (Wildman–Crippen MR) is 67.2 cm³/mol. The summed E-state index contributed by atoms with van der Waals surface area (Å²) in [6.45, 7) is 0. The van der Waals surface area contributed by atoms with E-state index in [0.717, 1.165) is 6.20 Å². The fourth-order valence-corrected chi connectivity index (χ4v) is 2.79. The fourth-order valence-electron chi connectivity index (χ4n) is 1.31. The average molecular weight is 302 g/mol. The number of sulfonamides is 2. The highest BCUT2D eigenvalue weighted by Gasteiger charge is 2.16. The minimum Gasteiger partial charge on any atom is -0.334 e. The van der Waals surface area contributed by atoms with E-state index in [1.165, 1.54) is 30.6 Å². The minimum absolute atomic E-state index is 0.0944. The lowest BCUT2D eigenvalue weighted by molar-refractivity contribution is 0.597.